The van der Waals surface area contributed by atoms with Crippen LogP contribution in [0.5, 0.6) is 0 Å². The number of Topliss-reactive ketones (excluding diaryl/α,β-unsaturated/α-hetero) is 1. The number of nitrogens with zero attached hydrogens (tertiary/aromatic N) is 5. The molecule has 154 valence electrons. The van der Waals surface area contributed by atoms with Crippen molar-refractivity contribution in [1.82, 2.24) is 19.5 Å². The molecule has 1 fully saturated rings. The fourth-order valence-corrected chi connectivity index (χ4v) is 4.75. The highest BCUT2D eigenvalue weighted by atomic mass is 32.2. The first-order chi connectivity index (χ1) is 14.4. The van der Waals surface area contributed by atoms with Gasteiger partial charge in [0.15, 0.2) is 11.6 Å². The smallest absolute Gasteiger partial charge is 0.243 e. The van der Waals surface area contributed by atoms with Gasteiger partial charge in [0.05, 0.1) is 10.6 Å². The van der Waals surface area contributed by atoms with E-state index in [1.165, 1.54) is 23.4 Å². The van der Waals surface area contributed by atoms with Crippen LogP contribution in [0, 0.1) is 0 Å². The summed E-state index contributed by atoms with van der Waals surface area (Å²) in [4.78, 5) is 17.7. The Morgan fingerprint density at radius 2 is 1.67 bits per heavy atom. The summed E-state index contributed by atoms with van der Waals surface area (Å²) >= 11 is 0. The number of aromatic nitrogens is 3. The predicted octanol–water partition coefficient (Wildman–Crippen LogP) is 2.25. The van der Waals surface area contributed by atoms with Crippen molar-refractivity contribution in [3.8, 4) is 11.3 Å². The number of hydrogen-bond acceptors (Lipinski definition) is 7. The molecule has 0 bridgehead atoms. The maximum Gasteiger partial charge on any atom is 0.243 e. The minimum Gasteiger partial charge on any atom is -0.352 e. The van der Waals surface area contributed by atoms with Crippen LogP contribution in [0.25, 0.3) is 11.3 Å². The van der Waals surface area contributed by atoms with Crippen molar-refractivity contribution >= 4 is 21.6 Å². The number of hydrogen-bond donors (Lipinski definition) is 0. The van der Waals surface area contributed by atoms with Gasteiger partial charge in [-0.25, -0.2) is 8.42 Å². The highest BCUT2D eigenvalue weighted by Crippen LogP contribution is 2.22. The molecule has 0 spiro atoms. The van der Waals surface area contributed by atoms with Crippen molar-refractivity contribution in [1.29, 1.82) is 0 Å². The third kappa shape index (κ3) is 4.07. The van der Waals surface area contributed by atoms with Crippen LogP contribution in [0.1, 0.15) is 17.3 Å². The van der Waals surface area contributed by atoms with Gasteiger partial charge in [0.2, 0.25) is 10.0 Å². The van der Waals surface area contributed by atoms with E-state index in [1.54, 1.807) is 24.5 Å². The zero-order valence-corrected chi connectivity index (χ0v) is 17.3. The van der Waals surface area contributed by atoms with E-state index < -0.39 is 10.0 Å². The summed E-state index contributed by atoms with van der Waals surface area (Å²) in [6.07, 6.45) is 3.44. The van der Waals surface area contributed by atoms with E-state index in [0.717, 1.165) is 11.3 Å². The molecule has 3 aromatic rings. The van der Waals surface area contributed by atoms with E-state index in [0.29, 0.717) is 37.6 Å². The monoisotopic (exact) mass is 423 g/mol. The zero-order chi connectivity index (χ0) is 21.1. The molecule has 1 aliphatic rings. The molecule has 1 aromatic carbocycles. The van der Waals surface area contributed by atoms with Crippen LogP contribution >= 0.6 is 0 Å². The van der Waals surface area contributed by atoms with E-state index in [9.17, 15) is 13.2 Å². The molecule has 30 heavy (non-hydrogen) atoms. The molecule has 4 rings (SSSR count). The number of anilines is 1. The van der Waals surface area contributed by atoms with Crippen molar-refractivity contribution in [3.63, 3.8) is 0 Å². The average Bonchev–Trinajstić information content (AvgIpc) is 2.80. The van der Waals surface area contributed by atoms with Crippen LogP contribution in [0.3, 0.4) is 0 Å². The molecular formula is C21H21N5O3S. The van der Waals surface area contributed by atoms with Gasteiger partial charge in [-0.1, -0.05) is 12.1 Å². The molecule has 3 heterocycles. The molecular weight excluding hydrogens is 402 g/mol. The summed E-state index contributed by atoms with van der Waals surface area (Å²) in [7, 11) is -3.60. The minimum atomic E-state index is -3.60. The topological polar surface area (TPSA) is 96.4 Å². The summed E-state index contributed by atoms with van der Waals surface area (Å²) in [6, 6.07) is 13.6. The zero-order valence-electron chi connectivity index (χ0n) is 16.5. The maximum atomic E-state index is 12.9. The summed E-state index contributed by atoms with van der Waals surface area (Å²) < 4.78 is 27.3. The fourth-order valence-electron chi connectivity index (χ4n) is 3.33. The molecule has 0 unspecified atom stereocenters. The Bertz CT molecular complexity index is 1130. The Labute approximate surface area is 175 Å². The van der Waals surface area contributed by atoms with Gasteiger partial charge in [-0.2, -0.15) is 4.31 Å². The van der Waals surface area contributed by atoms with Gasteiger partial charge >= 0.3 is 0 Å². The van der Waals surface area contributed by atoms with Crippen molar-refractivity contribution in [2.75, 3.05) is 31.1 Å². The quantitative estimate of drug-likeness (QED) is 0.581. The first-order valence-electron chi connectivity index (χ1n) is 9.55. The van der Waals surface area contributed by atoms with Gasteiger partial charge in [-0.3, -0.25) is 9.78 Å². The number of sulfonamides is 1. The van der Waals surface area contributed by atoms with E-state index in [-0.39, 0.29) is 10.7 Å². The summed E-state index contributed by atoms with van der Waals surface area (Å²) in [5, 5.41) is 8.57. The molecule has 0 N–H and O–H groups in total. The fraction of sp³-hybridized carbons (Fsp3) is 0.238. The lowest BCUT2D eigenvalue weighted by atomic mass is 10.2. The highest BCUT2D eigenvalue weighted by molar-refractivity contribution is 7.89. The Morgan fingerprint density at radius 3 is 2.23 bits per heavy atom. The van der Waals surface area contributed by atoms with Gasteiger partial charge < -0.3 is 4.90 Å². The van der Waals surface area contributed by atoms with Crippen molar-refractivity contribution < 1.29 is 13.2 Å². The average molecular weight is 423 g/mol. The molecule has 0 aliphatic carbocycles. The standard InChI is InChI=1S/C21H21N5O3S/c1-16(27)17-4-6-19(7-5-17)30(28,29)26-13-11-25(12-14-26)21-9-8-20(23-24-21)18-3-2-10-22-15-18/h2-10,15H,11-14H2,1H3. The van der Waals surface area contributed by atoms with Crippen molar-refractivity contribution in [2.24, 2.45) is 0 Å². The molecule has 1 aliphatic heterocycles. The lowest BCUT2D eigenvalue weighted by Crippen LogP contribution is -2.49. The minimum absolute atomic E-state index is 0.0942. The van der Waals surface area contributed by atoms with Crippen LogP contribution in [-0.2, 0) is 10.0 Å². The third-order valence-electron chi connectivity index (χ3n) is 5.07. The molecule has 0 atom stereocenters. The molecule has 9 heteroatoms. The molecule has 0 saturated carbocycles. The Balaban J connectivity index is 1.42. The number of piperazine rings is 1. The van der Waals surface area contributed by atoms with E-state index >= 15 is 0 Å². The largest absolute Gasteiger partial charge is 0.352 e. The number of ketones is 1. The van der Waals surface area contributed by atoms with Crippen LogP contribution in [0.2, 0.25) is 0 Å². The van der Waals surface area contributed by atoms with Gasteiger partial charge in [-0.15, -0.1) is 10.2 Å². The lowest BCUT2D eigenvalue weighted by Gasteiger charge is -2.34. The third-order valence-corrected chi connectivity index (χ3v) is 6.98. The second-order valence-electron chi connectivity index (χ2n) is 6.99. The first kappa shape index (κ1) is 20.1. The highest BCUT2D eigenvalue weighted by Gasteiger charge is 2.29. The number of pyridine rings is 1. The van der Waals surface area contributed by atoms with E-state index in [2.05, 4.69) is 15.2 Å². The second kappa shape index (κ2) is 8.29. The number of benzene rings is 1. The summed E-state index contributed by atoms with van der Waals surface area (Å²) in [6.45, 7) is 3.19. The molecule has 2 aromatic heterocycles. The summed E-state index contributed by atoms with van der Waals surface area (Å²) in [5.74, 6) is 0.619. The van der Waals surface area contributed by atoms with Gasteiger partial charge in [-0.05, 0) is 43.3 Å². The summed E-state index contributed by atoms with van der Waals surface area (Å²) in [5.41, 5.74) is 2.12. The maximum absolute atomic E-state index is 12.9. The van der Waals surface area contributed by atoms with Crippen LogP contribution in [0.15, 0.2) is 65.8 Å². The van der Waals surface area contributed by atoms with Crippen LogP contribution < -0.4 is 4.90 Å². The van der Waals surface area contributed by atoms with Gasteiger partial charge in [0, 0.05) is 49.7 Å². The molecule has 0 radical (unpaired) electrons. The Kier molecular flexibility index (Phi) is 5.56. The second-order valence-corrected chi connectivity index (χ2v) is 8.93. The van der Waals surface area contributed by atoms with Crippen molar-refractivity contribution in [2.45, 2.75) is 11.8 Å². The van der Waals surface area contributed by atoms with E-state index in [1.807, 2.05) is 29.2 Å². The Hall–Kier alpha value is -3.17. The number of rotatable bonds is 5. The first-order valence-corrected chi connectivity index (χ1v) is 11.0. The number of carbonyl (C=O) groups excluding carboxylic acids is 1. The van der Waals surface area contributed by atoms with Crippen LogP contribution in [-0.4, -0.2) is 59.9 Å². The molecule has 0 amide bonds. The number of carbonyl (C=O) groups is 1. The van der Waals surface area contributed by atoms with Crippen molar-refractivity contribution in [3.05, 3.63) is 66.5 Å². The predicted molar refractivity (Wildman–Crippen MR) is 113 cm³/mol. The van der Waals surface area contributed by atoms with E-state index in [4.69, 9.17) is 0 Å². The van der Waals surface area contributed by atoms with Crippen LogP contribution in [0.4, 0.5) is 5.82 Å². The lowest BCUT2D eigenvalue weighted by molar-refractivity contribution is 0.101. The molecule has 8 nitrogen and oxygen atoms in total. The van der Waals surface area contributed by atoms with Gasteiger partial charge in [0.25, 0.3) is 0 Å². The molecule has 1 saturated heterocycles. The van der Waals surface area contributed by atoms with Gasteiger partial charge in [0.1, 0.15) is 0 Å². The normalized spacial score (nSPS) is 15.2. The SMILES string of the molecule is CC(=O)c1ccc(S(=O)(=O)N2CCN(c3ccc(-c4cccnc4)nn3)CC2)cc1. The Morgan fingerprint density at radius 1 is 0.933 bits per heavy atom.